The highest BCUT2D eigenvalue weighted by molar-refractivity contribution is 14.1. The van der Waals surface area contributed by atoms with Gasteiger partial charge in [0.15, 0.2) is 0 Å². The molecule has 2 nitrogen and oxygen atoms in total. The lowest BCUT2D eigenvalue weighted by Crippen LogP contribution is -1.78. The summed E-state index contributed by atoms with van der Waals surface area (Å²) in [5.74, 6) is 0. The Morgan fingerprint density at radius 3 is 3.08 bits per heavy atom. The first-order valence-corrected chi connectivity index (χ1v) is 5.79. The van der Waals surface area contributed by atoms with E-state index < -0.39 is 0 Å². The molecule has 1 aromatic carbocycles. The zero-order chi connectivity index (χ0) is 8.55. The van der Waals surface area contributed by atoms with E-state index in [1.807, 2.05) is 0 Å². The molecule has 1 heterocycles. The van der Waals surface area contributed by atoms with Gasteiger partial charge in [0.2, 0.25) is 0 Å². The van der Waals surface area contributed by atoms with E-state index in [9.17, 15) is 0 Å². The van der Waals surface area contributed by atoms with Crippen molar-refractivity contribution in [1.82, 2.24) is 9.97 Å². The SMILES string of the molecule is CSc1ccc(I)c2nc[nH]c12. The van der Waals surface area contributed by atoms with Crippen LogP contribution in [0.4, 0.5) is 0 Å². The third kappa shape index (κ3) is 1.22. The molecule has 0 spiro atoms. The van der Waals surface area contributed by atoms with Crippen LogP contribution in [0.3, 0.4) is 0 Å². The summed E-state index contributed by atoms with van der Waals surface area (Å²) in [4.78, 5) is 8.65. The summed E-state index contributed by atoms with van der Waals surface area (Å²) in [6, 6.07) is 4.21. The Hall–Kier alpha value is -0.230. The Morgan fingerprint density at radius 1 is 1.50 bits per heavy atom. The van der Waals surface area contributed by atoms with Crippen LogP contribution >= 0.6 is 34.4 Å². The molecule has 0 fully saturated rings. The van der Waals surface area contributed by atoms with Gasteiger partial charge in [-0.2, -0.15) is 0 Å². The van der Waals surface area contributed by atoms with Crippen LogP contribution in [-0.4, -0.2) is 16.2 Å². The van der Waals surface area contributed by atoms with Crippen LogP contribution in [-0.2, 0) is 0 Å². The second-order valence-electron chi connectivity index (χ2n) is 2.38. The van der Waals surface area contributed by atoms with Gasteiger partial charge in [0.05, 0.1) is 11.8 Å². The molecule has 0 aliphatic carbocycles. The highest BCUT2D eigenvalue weighted by Crippen LogP contribution is 2.26. The van der Waals surface area contributed by atoms with E-state index in [1.54, 1.807) is 18.1 Å². The van der Waals surface area contributed by atoms with E-state index in [0.29, 0.717) is 0 Å². The maximum absolute atomic E-state index is 4.25. The summed E-state index contributed by atoms with van der Waals surface area (Å²) in [6.07, 6.45) is 3.81. The highest BCUT2D eigenvalue weighted by Gasteiger charge is 2.04. The van der Waals surface area contributed by atoms with E-state index in [-0.39, 0.29) is 0 Å². The molecule has 0 aliphatic rings. The van der Waals surface area contributed by atoms with E-state index in [0.717, 1.165) is 11.0 Å². The van der Waals surface area contributed by atoms with Gasteiger partial charge in [0.1, 0.15) is 5.52 Å². The maximum atomic E-state index is 4.25. The number of benzene rings is 1. The van der Waals surface area contributed by atoms with Crippen molar-refractivity contribution in [3.05, 3.63) is 22.0 Å². The van der Waals surface area contributed by atoms with Gasteiger partial charge in [0.25, 0.3) is 0 Å². The van der Waals surface area contributed by atoms with Crippen LogP contribution in [0.5, 0.6) is 0 Å². The summed E-state index contributed by atoms with van der Waals surface area (Å²) in [5, 5.41) is 0. The van der Waals surface area contributed by atoms with Crippen molar-refractivity contribution < 1.29 is 0 Å². The van der Waals surface area contributed by atoms with Crippen molar-refractivity contribution >= 4 is 45.4 Å². The number of aromatic nitrogens is 2. The smallest absolute Gasteiger partial charge is 0.103 e. The van der Waals surface area contributed by atoms with Gasteiger partial charge in [-0.05, 0) is 41.0 Å². The van der Waals surface area contributed by atoms with Crippen LogP contribution < -0.4 is 0 Å². The highest BCUT2D eigenvalue weighted by atomic mass is 127. The summed E-state index contributed by atoms with van der Waals surface area (Å²) in [5.41, 5.74) is 2.22. The lowest BCUT2D eigenvalue weighted by Gasteiger charge is -1.98. The lowest BCUT2D eigenvalue weighted by molar-refractivity contribution is 1.33. The van der Waals surface area contributed by atoms with Crippen LogP contribution in [0, 0.1) is 3.57 Å². The topological polar surface area (TPSA) is 28.7 Å². The van der Waals surface area contributed by atoms with Crippen LogP contribution in [0.2, 0.25) is 0 Å². The molecule has 1 aromatic heterocycles. The maximum Gasteiger partial charge on any atom is 0.103 e. The van der Waals surface area contributed by atoms with Crippen LogP contribution in [0.15, 0.2) is 23.4 Å². The van der Waals surface area contributed by atoms with Crippen molar-refractivity contribution in [2.75, 3.05) is 6.26 Å². The van der Waals surface area contributed by atoms with Crippen LogP contribution in [0.1, 0.15) is 0 Å². The van der Waals surface area contributed by atoms with Gasteiger partial charge >= 0.3 is 0 Å². The normalized spacial score (nSPS) is 10.8. The average Bonchev–Trinajstić information content (AvgIpc) is 2.54. The zero-order valence-corrected chi connectivity index (χ0v) is 9.44. The number of nitrogens with zero attached hydrogens (tertiary/aromatic N) is 1. The molecular formula is C8H7IN2S. The third-order valence-electron chi connectivity index (χ3n) is 1.71. The zero-order valence-electron chi connectivity index (χ0n) is 6.47. The molecule has 0 radical (unpaired) electrons. The molecule has 1 N–H and O–H groups in total. The van der Waals surface area contributed by atoms with Gasteiger partial charge in [0, 0.05) is 8.47 Å². The Kier molecular flexibility index (Phi) is 2.27. The number of rotatable bonds is 1. The standard InChI is InChI=1S/C8H7IN2S/c1-12-6-3-2-5(9)7-8(6)11-4-10-7/h2-4H,1H3,(H,10,11). The fraction of sp³-hybridized carbons (Fsp3) is 0.125. The Balaban J connectivity index is 2.82. The molecule has 0 atom stereocenters. The average molecular weight is 290 g/mol. The summed E-state index contributed by atoms with van der Waals surface area (Å²) in [6.45, 7) is 0. The number of halogens is 1. The second kappa shape index (κ2) is 3.26. The number of nitrogens with one attached hydrogen (secondary N) is 1. The van der Waals surface area contributed by atoms with Gasteiger partial charge in [-0.1, -0.05) is 0 Å². The molecular weight excluding hydrogens is 283 g/mol. The summed E-state index contributed by atoms with van der Waals surface area (Å²) in [7, 11) is 0. The first-order chi connectivity index (χ1) is 5.83. The monoisotopic (exact) mass is 290 g/mol. The molecule has 0 saturated carbocycles. The van der Waals surface area contributed by atoms with Gasteiger partial charge < -0.3 is 4.98 Å². The molecule has 4 heteroatoms. The summed E-state index contributed by atoms with van der Waals surface area (Å²) >= 11 is 4.03. The fourth-order valence-electron chi connectivity index (χ4n) is 1.14. The molecule has 0 bridgehead atoms. The van der Waals surface area contributed by atoms with Crippen molar-refractivity contribution in [1.29, 1.82) is 0 Å². The van der Waals surface area contributed by atoms with Gasteiger partial charge in [-0.15, -0.1) is 11.8 Å². The van der Waals surface area contributed by atoms with Gasteiger partial charge in [-0.25, -0.2) is 4.98 Å². The third-order valence-corrected chi connectivity index (χ3v) is 3.36. The molecule has 2 aromatic rings. The van der Waals surface area contributed by atoms with Crippen molar-refractivity contribution in [3.8, 4) is 0 Å². The largest absolute Gasteiger partial charge is 0.344 e. The van der Waals surface area contributed by atoms with Crippen LogP contribution in [0.25, 0.3) is 11.0 Å². The molecule has 2 rings (SSSR count). The number of hydrogen-bond donors (Lipinski definition) is 1. The predicted octanol–water partition coefficient (Wildman–Crippen LogP) is 2.89. The Bertz CT molecular complexity index is 410. The number of H-pyrrole nitrogens is 1. The number of imidazole rings is 1. The van der Waals surface area contributed by atoms with E-state index in [2.05, 4.69) is 50.9 Å². The summed E-state index contributed by atoms with van der Waals surface area (Å²) < 4.78 is 1.20. The second-order valence-corrected chi connectivity index (χ2v) is 4.39. The minimum atomic E-state index is 1.07. The van der Waals surface area contributed by atoms with E-state index >= 15 is 0 Å². The number of aromatic amines is 1. The molecule has 0 saturated heterocycles. The minimum absolute atomic E-state index is 1.07. The minimum Gasteiger partial charge on any atom is -0.344 e. The van der Waals surface area contributed by atoms with E-state index in [4.69, 9.17) is 0 Å². The van der Waals surface area contributed by atoms with Crippen molar-refractivity contribution in [2.45, 2.75) is 4.90 Å². The first kappa shape index (κ1) is 8.37. The fourth-order valence-corrected chi connectivity index (χ4v) is 2.30. The molecule has 0 aliphatic heterocycles. The molecule has 0 amide bonds. The number of fused-ring (bicyclic) bond motifs is 1. The Morgan fingerprint density at radius 2 is 2.33 bits per heavy atom. The van der Waals surface area contributed by atoms with Crippen molar-refractivity contribution in [3.63, 3.8) is 0 Å². The lowest BCUT2D eigenvalue weighted by atomic mass is 10.3. The van der Waals surface area contributed by atoms with E-state index in [1.165, 1.54) is 8.47 Å². The first-order valence-electron chi connectivity index (χ1n) is 3.48. The Labute approximate surface area is 88.3 Å². The molecule has 62 valence electrons. The molecule has 0 unspecified atom stereocenters. The number of thioether (sulfide) groups is 1. The van der Waals surface area contributed by atoms with Crippen molar-refractivity contribution in [2.24, 2.45) is 0 Å². The molecule has 12 heavy (non-hydrogen) atoms. The quantitative estimate of drug-likeness (QED) is 0.646. The predicted molar refractivity (Wildman–Crippen MR) is 60.6 cm³/mol. The number of hydrogen-bond acceptors (Lipinski definition) is 2. The van der Waals surface area contributed by atoms with Gasteiger partial charge in [-0.3, -0.25) is 0 Å².